The van der Waals surface area contributed by atoms with Gasteiger partial charge >= 0.3 is 0 Å². The molecule has 0 spiro atoms. The van der Waals surface area contributed by atoms with Gasteiger partial charge in [0.05, 0.1) is 19.3 Å². The molecule has 0 aromatic carbocycles. The fraction of sp³-hybridized carbons (Fsp3) is 0.917. The minimum atomic E-state index is -0.254. The van der Waals surface area contributed by atoms with Gasteiger partial charge in [-0.25, -0.2) is 0 Å². The second kappa shape index (κ2) is 5.80. The third kappa shape index (κ3) is 3.40. The number of carbonyl (C=O) groups is 1. The van der Waals surface area contributed by atoms with E-state index in [4.69, 9.17) is 4.74 Å². The normalized spacial score (nSPS) is 34.7. The molecule has 3 atom stereocenters. The van der Waals surface area contributed by atoms with E-state index >= 15 is 0 Å². The molecule has 0 aromatic rings. The van der Waals surface area contributed by atoms with Crippen LogP contribution < -0.4 is 5.32 Å². The maximum atomic E-state index is 12.1. The number of ether oxygens (including phenoxy) is 1. The van der Waals surface area contributed by atoms with Crippen molar-refractivity contribution in [3.05, 3.63) is 0 Å². The monoisotopic (exact) mass is 242 g/mol. The topological polar surface area (TPSA) is 61.8 Å². The van der Waals surface area contributed by atoms with Gasteiger partial charge in [0, 0.05) is 32.1 Å². The van der Waals surface area contributed by atoms with Crippen molar-refractivity contribution in [1.29, 1.82) is 0 Å². The maximum absolute atomic E-state index is 12.1. The Bertz CT molecular complexity index is 266. The molecular weight excluding hydrogens is 220 g/mol. The number of rotatable bonds is 2. The van der Waals surface area contributed by atoms with Gasteiger partial charge in [-0.3, -0.25) is 4.79 Å². The highest BCUT2D eigenvalue weighted by Gasteiger charge is 2.28. The first kappa shape index (κ1) is 12.8. The zero-order valence-corrected chi connectivity index (χ0v) is 10.4. The predicted molar refractivity (Wildman–Crippen MR) is 63.6 cm³/mol. The number of morpholine rings is 1. The average Bonchev–Trinajstić information content (AvgIpc) is 2.34. The first-order chi connectivity index (χ1) is 8.16. The van der Waals surface area contributed by atoms with Gasteiger partial charge in [0.15, 0.2) is 0 Å². The lowest BCUT2D eigenvalue weighted by molar-refractivity contribution is -0.135. The fourth-order valence-electron chi connectivity index (χ4n) is 2.45. The number of piperidine rings is 1. The van der Waals surface area contributed by atoms with Crippen molar-refractivity contribution < 1.29 is 14.6 Å². The smallest absolute Gasteiger partial charge is 0.224 e. The van der Waals surface area contributed by atoms with E-state index in [0.29, 0.717) is 32.5 Å². The van der Waals surface area contributed by atoms with Gasteiger partial charge < -0.3 is 20.1 Å². The van der Waals surface area contributed by atoms with E-state index in [1.807, 2.05) is 11.8 Å². The first-order valence-corrected chi connectivity index (χ1v) is 6.44. The Morgan fingerprint density at radius 3 is 3.06 bits per heavy atom. The molecule has 2 heterocycles. The third-order valence-corrected chi connectivity index (χ3v) is 3.63. The van der Waals surface area contributed by atoms with Crippen LogP contribution in [0.15, 0.2) is 0 Å². The lowest BCUT2D eigenvalue weighted by Gasteiger charge is -2.35. The minimum absolute atomic E-state index is 0.151. The number of carbonyl (C=O) groups excluding carboxylic acids is 1. The zero-order chi connectivity index (χ0) is 12.3. The van der Waals surface area contributed by atoms with Crippen molar-refractivity contribution in [1.82, 2.24) is 10.2 Å². The molecule has 0 radical (unpaired) electrons. The van der Waals surface area contributed by atoms with Gasteiger partial charge in [-0.1, -0.05) is 6.92 Å². The van der Waals surface area contributed by atoms with Gasteiger partial charge in [-0.15, -0.1) is 0 Å². The molecule has 17 heavy (non-hydrogen) atoms. The molecule has 2 saturated heterocycles. The molecule has 98 valence electrons. The Labute approximate surface area is 102 Å². The summed E-state index contributed by atoms with van der Waals surface area (Å²) in [6, 6.07) is 0.151. The number of amides is 1. The first-order valence-electron chi connectivity index (χ1n) is 6.44. The van der Waals surface area contributed by atoms with Crippen LogP contribution in [0, 0.1) is 5.92 Å². The SMILES string of the molecule is CC1CN(C(=O)CC2COCCN2)CCC1O. The fourth-order valence-corrected chi connectivity index (χ4v) is 2.45. The minimum Gasteiger partial charge on any atom is -0.393 e. The summed E-state index contributed by atoms with van der Waals surface area (Å²) in [7, 11) is 0. The van der Waals surface area contributed by atoms with E-state index in [9.17, 15) is 9.90 Å². The summed E-state index contributed by atoms with van der Waals surface area (Å²) in [6.07, 6.45) is 0.944. The summed E-state index contributed by atoms with van der Waals surface area (Å²) < 4.78 is 5.34. The number of likely N-dealkylation sites (tertiary alicyclic amines) is 1. The predicted octanol–water partition coefficient (Wildman–Crippen LogP) is -0.406. The Balaban J connectivity index is 1.79. The highest BCUT2D eigenvalue weighted by atomic mass is 16.5. The largest absolute Gasteiger partial charge is 0.393 e. The van der Waals surface area contributed by atoms with Crippen molar-refractivity contribution >= 4 is 5.91 Å². The Morgan fingerprint density at radius 2 is 2.41 bits per heavy atom. The number of nitrogens with one attached hydrogen (secondary N) is 1. The van der Waals surface area contributed by atoms with Crippen LogP contribution in [0.5, 0.6) is 0 Å². The molecule has 3 unspecified atom stereocenters. The van der Waals surface area contributed by atoms with E-state index < -0.39 is 0 Å². The van der Waals surface area contributed by atoms with E-state index in [1.54, 1.807) is 0 Å². The van der Waals surface area contributed by atoms with Gasteiger partial charge in [0.2, 0.25) is 5.91 Å². The Hall–Kier alpha value is -0.650. The summed E-state index contributed by atoms with van der Waals surface area (Å²) in [5, 5.41) is 12.9. The van der Waals surface area contributed by atoms with Crippen LogP contribution in [0.2, 0.25) is 0 Å². The molecule has 2 aliphatic heterocycles. The summed E-state index contributed by atoms with van der Waals surface area (Å²) in [6.45, 7) is 5.53. The quantitative estimate of drug-likeness (QED) is 0.691. The summed E-state index contributed by atoms with van der Waals surface area (Å²) in [4.78, 5) is 13.9. The molecule has 5 heteroatoms. The van der Waals surface area contributed by atoms with Crippen LogP contribution in [0.1, 0.15) is 19.8 Å². The van der Waals surface area contributed by atoms with Crippen molar-refractivity contribution in [3.8, 4) is 0 Å². The molecule has 1 amide bonds. The van der Waals surface area contributed by atoms with E-state index in [1.165, 1.54) is 0 Å². The highest BCUT2D eigenvalue weighted by Crippen LogP contribution is 2.17. The molecule has 2 rings (SSSR count). The van der Waals surface area contributed by atoms with Crippen LogP contribution in [0.25, 0.3) is 0 Å². The second-order valence-electron chi connectivity index (χ2n) is 5.10. The van der Waals surface area contributed by atoms with Crippen molar-refractivity contribution in [3.63, 3.8) is 0 Å². The van der Waals surface area contributed by atoms with Crippen LogP contribution in [-0.4, -0.2) is 60.9 Å². The van der Waals surface area contributed by atoms with Crippen LogP contribution in [0.3, 0.4) is 0 Å². The lowest BCUT2D eigenvalue weighted by atomic mass is 9.96. The van der Waals surface area contributed by atoms with Gasteiger partial charge in [0.25, 0.3) is 0 Å². The molecule has 0 bridgehead atoms. The molecule has 0 saturated carbocycles. The van der Waals surface area contributed by atoms with Crippen LogP contribution in [-0.2, 0) is 9.53 Å². The van der Waals surface area contributed by atoms with E-state index in [-0.39, 0.29) is 24.0 Å². The van der Waals surface area contributed by atoms with Crippen molar-refractivity contribution in [2.45, 2.75) is 31.9 Å². The average molecular weight is 242 g/mol. The van der Waals surface area contributed by atoms with Crippen LogP contribution >= 0.6 is 0 Å². The Kier molecular flexibility index (Phi) is 4.36. The molecule has 0 aromatic heterocycles. The molecule has 2 N–H and O–H groups in total. The number of aliphatic hydroxyl groups is 1. The van der Waals surface area contributed by atoms with Gasteiger partial charge in [0.1, 0.15) is 0 Å². The highest BCUT2D eigenvalue weighted by molar-refractivity contribution is 5.77. The molecular formula is C12H22N2O3. The van der Waals surface area contributed by atoms with Crippen LogP contribution in [0.4, 0.5) is 0 Å². The van der Waals surface area contributed by atoms with Crippen molar-refractivity contribution in [2.24, 2.45) is 5.92 Å². The molecule has 2 aliphatic rings. The molecule has 2 fully saturated rings. The summed E-state index contributed by atoms with van der Waals surface area (Å²) >= 11 is 0. The van der Waals surface area contributed by atoms with Crippen molar-refractivity contribution in [2.75, 3.05) is 32.8 Å². The summed E-state index contributed by atoms with van der Waals surface area (Å²) in [5.41, 5.74) is 0. The van der Waals surface area contributed by atoms with Gasteiger partial charge in [-0.05, 0) is 12.3 Å². The summed E-state index contributed by atoms with van der Waals surface area (Å²) in [5.74, 6) is 0.356. The number of hydrogen-bond acceptors (Lipinski definition) is 4. The number of hydrogen-bond donors (Lipinski definition) is 2. The lowest BCUT2D eigenvalue weighted by Crippen LogP contribution is -2.49. The number of aliphatic hydroxyl groups excluding tert-OH is 1. The zero-order valence-electron chi connectivity index (χ0n) is 10.4. The third-order valence-electron chi connectivity index (χ3n) is 3.63. The number of nitrogens with zero attached hydrogens (tertiary/aromatic N) is 1. The molecule has 5 nitrogen and oxygen atoms in total. The standard InChI is InChI=1S/C12H22N2O3/c1-9-7-14(4-2-11(9)15)12(16)6-10-8-17-5-3-13-10/h9-11,13,15H,2-8H2,1H3. The Morgan fingerprint density at radius 1 is 1.59 bits per heavy atom. The maximum Gasteiger partial charge on any atom is 0.224 e. The van der Waals surface area contributed by atoms with E-state index in [2.05, 4.69) is 5.32 Å². The molecule has 0 aliphatic carbocycles. The second-order valence-corrected chi connectivity index (χ2v) is 5.10. The van der Waals surface area contributed by atoms with E-state index in [0.717, 1.165) is 13.2 Å². The van der Waals surface area contributed by atoms with Gasteiger partial charge in [-0.2, -0.15) is 0 Å².